The average Bonchev–Trinajstić information content (AvgIpc) is 2.97. The Kier molecular flexibility index (Phi) is 3.28. The van der Waals surface area contributed by atoms with E-state index in [9.17, 15) is 13.2 Å². The molecule has 19 heavy (non-hydrogen) atoms. The molecular weight excluding hydrogens is 273 g/mol. The minimum absolute atomic E-state index is 0.150. The molecule has 1 aromatic heterocycles. The first kappa shape index (κ1) is 12.6. The Morgan fingerprint density at radius 2 is 1.95 bits per heavy atom. The second-order valence-corrected chi connectivity index (χ2v) is 5.33. The Labute approximate surface area is 112 Å². The van der Waals surface area contributed by atoms with Gasteiger partial charge in [-0.05, 0) is 19.4 Å². The van der Waals surface area contributed by atoms with E-state index in [0.29, 0.717) is 12.1 Å². The average molecular weight is 284 g/mol. The summed E-state index contributed by atoms with van der Waals surface area (Å²) in [5.41, 5.74) is 0.538. The number of aromatic nitrogens is 1. The Morgan fingerprint density at radius 1 is 1.21 bits per heavy atom. The predicted octanol–water partition coefficient (Wildman–Crippen LogP) is 3.65. The summed E-state index contributed by atoms with van der Waals surface area (Å²) in [6.07, 6.45) is 2.04. The summed E-state index contributed by atoms with van der Waals surface area (Å²) in [5.74, 6) is -2.76. The molecule has 0 bridgehead atoms. The lowest BCUT2D eigenvalue weighted by Crippen LogP contribution is -2.13. The van der Waals surface area contributed by atoms with Crippen molar-refractivity contribution in [3.05, 3.63) is 40.7 Å². The van der Waals surface area contributed by atoms with Crippen LogP contribution in [0.3, 0.4) is 0 Å². The van der Waals surface area contributed by atoms with Gasteiger partial charge in [0.25, 0.3) is 0 Å². The molecule has 1 N–H and O–H groups in total. The molecule has 100 valence electrons. The highest BCUT2D eigenvalue weighted by molar-refractivity contribution is 7.13. The number of rotatable bonds is 2. The molecule has 2 aromatic rings. The van der Waals surface area contributed by atoms with E-state index >= 15 is 0 Å². The van der Waals surface area contributed by atoms with Gasteiger partial charge in [0.2, 0.25) is 0 Å². The van der Waals surface area contributed by atoms with Gasteiger partial charge in [-0.25, -0.2) is 18.2 Å². The van der Waals surface area contributed by atoms with Gasteiger partial charge in [0.1, 0.15) is 22.5 Å². The first-order valence-electron chi connectivity index (χ1n) is 5.99. The maximum Gasteiger partial charge on any atom is 0.139 e. The number of halogens is 3. The molecule has 0 spiro atoms. The lowest BCUT2D eigenvalue weighted by atomic mass is 10.1. The summed E-state index contributed by atoms with van der Waals surface area (Å²) in [5, 5.41) is 5.31. The van der Waals surface area contributed by atoms with E-state index in [0.717, 1.165) is 25.1 Å². The highest BCUT2D eigenvalue weighted by Gasteiger charge is 2.22. The zero-order valence-corrected chi connectivity index (χ0v) is 10.7. The first-order valence-corrected chi connectivity index (χ1v) is 6.87. The molecule has 0 unspecified atom stereocenters. The molecule has 1 aromatic carbocycles. The first-order chi connectivity index (χ1) is 9.15. The summed E-state index contributed by atoms with van der Waals surface area (Å²) in [4.78, 5) is 4.27. The van der Waals surface area contributed by atoms with Crippen LogP contribution in [0.15, 0.2) is 17.5 Å². The summed E-state index contributed by atoms with van der Waals surface area (Å²) < 4.78 is 40.2. The lowest BCUT2D eigenvalue weighted by molar-refractivity contribution is 0.547. The van der Waals surface area contributed by atoms with E-state index in [-0.39, 0.29) is 16.6 Å². The van der Waals surface area contributed by atoms with Gasteiger partial charge in [-0.1, -0.05) is 0 Å². The smallest absolute Gasteiger partial charge is 0.139 e. The summed E-state index contributed by atoms with van der Waals surface area (Å²) >= 11 is 1.17. The Hall–Kier alpha value is -1.40. The quantitative estimate of drug-likeness (QED) is 0.910. The van der Waals surface area contributed by atoms with Gasteiger partial charge in [-0.2, -0.15) is 0 Å². The van der Waals surface area contributed by atoms with Crippen LogP contribution in [0.5, 0.6) is 0 Å². The monoisotopic (exact) mass is 284 g/mol. The molecule has 1 atom stereocenters. The topological polar surface area (TPSA) is 24.9 Å². The maximum absolute atomic E-state index is 13.7. The van der Waals surface area contributed by atoms with E-state index in [1.807, 2.05) is 0 Å². The third-order valence-corrected chi connectivity index (χ3v) is 4.04. The second-order valence-electron chi connectivity index (χ2n) is 4.47. The summed E-state index contributed by atoms with van der Waals surface area (Å²) in [6.45, 7) is 0.927. The van der Waals surface area contributed by atoms with E-state index < -0.39 is 17.5 Å². The molecule has 1 aliphatic heterocycles. The molecule has 1 aliphatic rings. The van der Waals surface area contributed by atoms with Crippen LogP contribution in [0, 0.1) is 17.5 Å². The van der Waals surface area contributed by atoms with Crippen molar-refractivity contribution < 1.29 is 13.2 Å². The zero-order chi connectivity index (χ0) is 13.4. The molecule has 0 radical (unpaired) electrons. The van der Waals surface area contributed by atoms with Crippen LogP contribution in [0.25, 0.3) is 10.6 Å². The molecule has 0 amide bonds. The fourth-order valence-electron chi connectivity index (χ4n) is 2.24. The highest BCUT2D eigenvalue weighted by Crippen LogP contribution is 2.32. The van der Waals surface area contributed by atoms with Crippen LogP contribution in [-0.2, 0) is 0 Å². The Bertz CT molecular complexity index is 583. The maximum atomic E-state index is 13.7. The molecule has 6 heteroatoms. The number of hydrogen-bond acceptors (Lipinski definition) is 3. The number of nitrogens with zero attached hydrogens (tertiary/aromatic N) is 1. The number of hydrogen-bond donors (Lipinski definition) is 1. The van der Waals surface area contributed by atoms with Crippen molar-refractivity contribution in [1.29, 1.82) is 0 Å². The van der Waals surface area contributed by atoms with Gasteiger partial charge in [-0.3, -0.25) is 0 Å². The van der Waals surface area contributed by atoms with Crippen molar-refractivity contribution in [2.24, 2.45) is 0 Å². The summed E-state index contributed by atoms with van der Waals surface area (Å²) in [6, 6.07) is 1.50. The second kappa shape index (κ2) is 4.94. The van der Waals surface area contributed by atoms with Crippen LogP contribution in [0.2, 0.25) is 0 Å². The van der Waals surface area contributed by atoms with Crippen molar-refractivity contribution >= 4 is 11.3 Å². The standard InChI is InChI=1S/C13H11F3N2S/c14-7-4-8(15)12(9(16)5-7)13-18-11(6-19-13)10-2-1-3-17-10/h4-6,10,17H,1-3H2/t10-/m0/s1. The van der Waals surface area contributed by atoms with Crippen molar-refractivity contribution in [3.8, 4) is 10.6 Å². The molecule has 2 heterocycles. The van der Waals surface area contributed by atoms with E-state index in [4.69, 9.17) is 0 Å². The largest absolute Gasteiger partial charge is 0.309 e. The summed E-state index contributed by atoms with van der Waals surface area (Å²) in [7, 11) is 0. The molecule has 0 aliphatic carbocycles. The SMILES string of the molecule is Fc1cc(F)c(-c2nc([C@@H]3CCCN3)cs2)c(F)c1. The van der Waals surface area contributed by atoms with E-state index in [1.54, 1.807) is 5.38 Å². The normalized spacial score (nSPS) is 19.0. The third kappa shape index (κ3) is 2.37. The van der Waals surface area contributed by atoms with Gasteiger partial charge in [-0.15, -0.1) is 11.3 Å². The Balaban J connectivity index is 1.98. The molecule has 3 rings (SSSR count). The Morgan fingerprint density at radius 3 is 2.58 bits per heavy atom. The van der Waals surface area contributed by atoms with E-state index in [1.165, 1.54) is 11.3 Å². The number of benzene rings is 1. The molecule has 2 nitrogen and oxygen atoms in total. The van der Waals surface area contributed by atoms with Gasteiger partial charge < -0.3 is 5.32 Å². The minimum Gasteiger partial charge on any atom is -0.309 e. The van der Waals surface area contributed by atoms with Crippen LogP contribution >= 0.6 is 11.3 Å². The number of thiazole rings is 1. The minimum atomic E-state index is -0.923. The third-order valence-electron chi connectivity index (χ3n) is 3.16. The molecule has 0 saturated carbocycles. The fraction of sp³-hybridized carbons (Fsp3) is 0.308. The van der Waals surface area contributed by atoms with Gasteiger partial charge in [0.15, 0.2) is 0 Å². The van der Waals surface area contributed by atoms with Crippen LogP contribution in [0.4, 0.5) is 13.2 Å². The molecular formula is C13H11F3N2S. The van der Waals surface area contributed by atoms with Crippen LogP contribution < -0.4 is 5.32 Å². The van der Waals surface area contributed by atoms with Crippen LogP contribution in [-0.4, -0.2) is 11.5 Å². The van der Waals surface area contributed by atoms with Crippen LogP contribution in [0.1, 0.15) is 24.6 Å². The van der Waals surface area contributed by atoms with Crippen molar-refractivity contribution in [2.75, 3.05) is 6.54 Å². The predicted molar refractivity (Wildman–Crippen MR) is 67.4 cm³/mol. The van der Waals surface area contributed by atoms with Crippen molar-refractivity contribution in [3.63, 3.8) is 0 Å². The van der Waals surface area contributed by atoms with Gasteiger partial charge in [0, 0.05) is 17.5 Å². The fourth-order valence-corrected chi connectivity index (χ4v) is 3.16. The molecule has 1 saturated heterocycles. The van der Waals surface area contributed by atoms with Crippen molar-refractivity contribution in [2.45, 2.75) is 18.9 Å². The van der Waals surface area contributed by atoms with Gasteiger partial charge in [0.05, 0.1) is 17.3 Å². The number of nitrogens with one attached hydrogen (secondary N) is 1. The van der Waals surface area contributed by atoms with Gasteiger partial charge >= 0.3 is 0 Å². The van der Waals surface area contributed by atoms with E-state index in [2.05, 4.69) is 10.3 Å². The molecule has 1 fully saturated rings. The highest BCUT2D eigenvalue weighted by atomic mass is 32.1. The van der Waals surface area contributed by atoms with Crippen molar-refractivity contribution in [1.82, 2.24) is 10.3 Å². The lowest BCUT2D eigenvalue weighted by Gasteiger charge is -2.05. The zero-order valence-electron chi connectivity index (χ0n) is 9.92.